The summed E-state index contributed by atoms with van der Waals surface area (Å²) < 4.78 is 14.3. The topological polar surface area (TPSA) is 88.8 Å². The van der Waals surface area contributed by atoms with Crippen LogP contribution in [0.15, 0.2) is 36.7 Å². The van der Waals surface area contributed by atoms with Crippen LogP contribution in [0.2, 0.25) is 5.02 Å². The number of halogens is 2. The summed E-state index contributed by atoms with van der Waals surface area (Å²) in [6.07, 6.45) is 2.86. The number of amides is 1. The maximum Gasteiger partial charge on any atom is 0.251 e. The van der Waals surface area contributed by atoms with E-state index in [0.717, 1.165) is 0 Å². The van der Waals surface area contributed by atoms with E-state index < -0.39 is 17.5 Å². The van der Waals surface area contributed by atoms with Crippen molar-refractivity contribution in [3.63, 3.8) is 0 Å². The monoisotopic (exact) mass is 317 g/mol. The van der Waals surface area contributed by atoms with Crippen LogP contribution in [0.4, 0.5) is 4.39 Å². The van der Waals surface area contributed by atoms with Gasteiger partial charge < -0.3 is 10.7 Å². The third kappa shape index (κ3) is 2.23. The van der Waals surface area contributed by atoms with E-state index >= 15 is 0 Å². The van der Waals surface area contributed by atoms with Crippen LogP contribution in [-0.4, -0.2) is 21.7 Å². The second-order valence-electron chi connectivity index (χ2n) is 4.61. The number of carbonyl (C=O) groups is 2. The molecule has 22 heavy (non-hydrogen) atoms. The molecule has 1 amide bonds. The molecule has 0 aliphatic rings. The summed E-state index contributed by atoms with van der Waals surface area (Å²) in [7, 11) is 0. The molecule has 110 valence electrons. The van der Waals surface area contributed by atoms with Crippen molar-refractivity contribution < 1.29 is 14.0 Å². The Kier molecular flexibility index (Phi) is 3.38. The zero-order valence-electron chi connectivity index (χ0n) is 11.1. The van der Waals surface area contributed by atoms with Crippen LogP contribution >= 0.6 is 11.6 Å². The molecule has 0 fully saturated rings. The fraction of sp³-hybridized carbons (Fsp3) is 0. The minimum atomic E-state index is -0.940. The first-order valence-corrected chi connectivity index (χ1v) is 6.62. The van der Waals surface area contributed by atoms with E-state index in [2.05, 4.69) is 9.97 Å². The standard InChI is InChI=1S/C15H9ClFN3O2/c16-7-4-10-11(6-20-15(10)19-5-7)13(21)8-2-1-3-9(12(8)17)14(18)22/h1-6H,(H2,18,22)(H,19,20). The Hall–Kier alpha value is -2.73. The minimum absolute atomic E-state index is 0.213. The third-order valence-electron chi connectivity index (χ3n) is 3.25. The molecule has 2 heterocycles. The lowest BCUT2D eigenvalue weighted by Crippen LogP contribution is -2.15. The summed E-state index contributed by atoms with van der Waals surface area (Å²) in [5.74, 6) is -2.46. The van der Waals surface area contributed by atoms with Crippen LogP contribution in [0, 0.1) is 5.82 Å². The maximum atomic E-state index is 14.3. The molecule has 0 aliphatic heterocycles. The van der Waals surface area contributed by atoms with Crippen molar-refractivity contribution in [1.29, 1.82) is 0 Å². The summed E-state index contributed by atoms with van der Waals surface area (Å²) in [4.78, 5) is 30.6. The predicted octanol–water partition coefficient (Wildman–Crippen LogP) is 2.69. The van der Waals surface area contributed by atoms with Crippen molar-refractivity contribution in [2.45, 2.75) is 0 Å². The van der Waals surface area contributed by atoms with Crippen molar-refractivity contribution in [2.24, 2.45) is 5.73 Å². The van der Waals surface area contributed by atoms with E-state index in [4.69, 9.17) is 17.3 Å². The van der Waals surface area contributed by atoms with Crippen LogP contribution in [0.3, 0.4) is 0 Å². The van der Waals surface area contributed by atoms with Crippen LogP contribution in [0.5, 0.6) is 0 Å². The van der Waals surface area contributed by atoms with E-state index in [1.165, 1.54) is 30.6 Å². The van der Waals surface area contributed by atoms with Crippen LogP contribution < -0.4 is 5.73 Å². The molecule has 7 heteroatoms. The Balaban J connectivity index is 2.16. The highest BCUT2D eigenvalue weighted by Gasteiger charge is 2.21. The third-order valence-corrected chi connectivity index (χ3v) is 3.46. The summed E-state index contributed by atoms with van der Waals surface area (Å²) in [6.45, 7) is 0. The summed E-state index contributed by atoms with van der Waals surface area (Å²) in [5, 5.41) is 0.828. The molecule has 0 unspecified atom stereocenters. The number of rotatable bonds is 3. The zero-order chi connectivity index (χ0) is 15.9. The molecule has 0 radical (unpaired) electrons. The van der Waals surface area contributed by atoms with Gasteiger partial charge in [0.1, 0.15) is 11.5 Å². The lowest BCUT2D eigenvalue weighted by molar-refractivity contribution is 0.0996. The van der Waals surface area contributed by atoms with E-state index in [0.29, 0.717) is 16.1 Å². The number of nitrogens with zero attached hydrogens (tertiary/aromatic N) is 1. The Morgan fingerprint density at radius 1 is 1.23 bits per heavy atom. The number of nitrogens with one attached hydrogen (secondary N) is 1. The van der Waals surface area contributed by atoms with Crippen molar-refractivity contribution in [2.75, 3.05) is 0 Å². The van der Waals surface area contributed by atoms with E-state index in [1.54, 1.807) is 6.07 Å². The van der Waals surface area contributed by atoms with Gasteiger partial charge in [0.2, 0.25) is 0 Å². The maximum absolute atomic E-state index is 14.3. The highest BCUT2D eigenvalue weighted by molar-refractivity contribution is 6.31. The van der Waals surface area contributed by atoms with E-state index in [1.807, 2.05) is 0 Å². The van der Waals surface area contributed by atoms with Crippen LogP contribution in [0.25, 0.3) is 11.0 Å². The quantitative estimate of drug-likeness (QED) is 0.728. The highest BCUT2D eigenvalue weighted by atomic mass is 35.5. The van der Waals surface area contributed by atoms with Gasteiger partial charge >= 0.3 is 0 Å². The van der Waals surface area contributed by atoms with Gasteiger partial charge in [-0.05, 0) is 18.2 Å². The Labute approximate surface area is 128 Å². The van der Waals surface area contributed by atoms with Crippen molar-refractivity contribution >= 4 is 34.3 Å². The van der Waals surface area contributed by atoms with Gasteiger partial charge in [0.05, 0.1) is 16.1 Å². The first-order chi connectivity index (χ1) is 10.5. The van der Waals surface area contributed by atoms with Crippen LogP contribution in [0.1, 0.15) is 26.3 Å². The number of primary amides is 1. The number of hydrogen-bond donors (Lipinski definition) is 2. The molecule has 0 saturated heterocycles. The van der Waals surface area contributed by atoms with E-state index in [-0.39, 0.29) is 16.7 Å². The predicted molar refractivity (Wildman–Crippen MR) is 79.5 cm³/mol. The second kappa shape index (κ2) is 5.23. The number of aromatic amines is 1. The average Bonchev–Trinajstić information content (AvgIpc) is 2.89. The molecule has 0 aliphatic carbocycles. The first-order valence-electron chi connectivity index (χ1n) is 6.24. The fourth-order valence-corrected chi connectivity index (χ4v) is 2.37. The first kappa shape index (κ1) is 14.2. The number of hydrogen-bond acceptors (Lipinski definition) is 3. The molecule has 0 spiro atoms. The largest absolute Gasteiger partial charge is 0.366 e. The van der Waals surface area contributed by atoms with Crippen molar-refractivity contribution in [3.05, 3.63) is 64.2 Å². The normalized spacial score (nSPS) is 10.8. The summed E-state index contributed by atoms with van der Waals surface area (Å²) >= 11 is 5.87. The van der Waals surface area contributed by atoms with Gasteiger partial charge in [-0.3, -0.25) is 9.59 Å². The molecule has 3 aromatic rings. The summed E-state index contributed by atoms with van der Waals surface area (Å²) in [5.41, 5.74) is 5.19. The second-order valence-corrected chi connectivity index (χ2v) is 5.05. The Morgan fingerprint density at radius 2 is 1.95 bits per heavy atom. The molecule has 2 aromatic heterocycles. The number of H-pyrrole nitrogens is 1. The SMILES string of the molecule is NC(=O)c1cccc(C(=O)c2c[nH]c3ncc(Cl)cc23)c1F. The number of pyridine rings is 1. The average molecular weight is 318 g/mol. The molecule has 5 nitrogen and oxygen atoms in total. The lowest BCUT2D eigenvalue weighted by Gasteiger charge is -2.05. The Morgan fingerprint density at radius 3 is 2.68 bits per heavy atom. The smallest absolute Gasteiger partial charge is 0.251 e. The molecule has 3 rings (SSSR count). The number of nitrogens with two attached hydrogens (primary N) is 1. The van der Waals surface area contributed by atoms with Gasteiger partial charge in [-0.25, -0.2) is 9.37 Å². The summed E-state index contributed by atoms with van der Waals surface area (Å²) in [6, 6.07) is 5.48. The molecule has 0 saturated carbocycles. The fourth-order valence-electron chi connectivity index (χ4n) is 2.21. The number of fused-ring (bicyclic) bond motifs is 1. The van der Waals surface area contributed by atoms with Gasteiger partial charge in [-0.1, -0.05) is 17.7 Å². The zero-order valence-corrected chi connectivity index (χ0v) is 11.8. The molecular formula is C15H9ClFN3O2. The Bertz CT molecular complexity index is 920. The van der Waals surface area contributed by atoms with Gasteiger partial charge in [0.15, 0.2) is 5.78 Å². The van der Waals surface area contributed by atoms with Gasteiger partial charge in [-0.2, -0.15) is 0 Å². The number of carbonyl (C=O) groups excluding carboxylic acids is 2. The van der Waals surface area contributed by atoms with Crippen molar-refractivity contribution in [1.82, 2.24) is 9.97 Å². The highest BCUT2D eigenvalue weighted by Crippen LogP contribution is 2.24. The van der Waals surface area contributed by atoms with Gasteiger partial charge in [0, 0.05) is 23.3 Å². The molecule has 0 bridgehead atoms. The number of ketones is 1. The van der Waals surface area contributed by atoms with Crippen molar-refractivity contribution in [3.8, 4) is 0 Å². The number of aromatic nitrogens is 2. The van der Waals surface area contributed by atoms with Gasteiger partial charge in [0.25, 0.3) is 5.91 Å². The number of benzene rings is 1. The van der Waals surface area contributed by atoms with Gasteiger partial charge in [-0.15, -0.1) is 0 Å². The molecule has 0 atom stereocenters. The lowest BCUT2D eigenvalue weighted by atomic mass is 10.0. The van der Waals surface area contributed by atoms with Crippen LogP contribution in [-0.2, 0) is 0 Å². The molecule has 3 N–H and O–H groups in total. The molecule has 1 aromatic carbocycles. The molecular weight excluding hydrogens is 309 g/mol. The van der Waals surface area contributed by atoms with E-state index in [9.17, 15) is 14.0 Å². The minimum Gasteiger partial charge on any atom is -0.366 e.